The number of carboxylic acids is 1. The first-order valence-electron chi connectivity index (χ1n) is 27.0. The molecule has 7 aromatic carbocycles. The molecule has 7 aromatic rings. The third kappa shape index (κ3) is 9.22. The predicted molar refractivity (Wildman–Crippen MR) is 293 cm³/mol. The van der Waals surface area contributed by atoms with E-state index in [2.05, 4.69) is 5.32 Å². The largest absolute Gasteiger partial charge is 0.506 e. The second kappa shape index (κ2) is 21.4. The highest BCUT2D eigenvalue weighted by Crippen LogP contribution is 2.61. The average Bonchev–Trinajstić information content (AvgIpc) is 1.70. The molecule has 0 atom stereocenters. The molecule has 0 radical (unpaired) electrons. The van der Waals surface area contributed by atoms with Crippen molar-refractivity contribution in [3.63, 3.8) is 0 Å². The number of amides is 8. The third-order valence-electron chi connectivity index (χ3n) is 17.0. The van der Waals surface area contributed by atoms with E-state index in [0.29, 0.717) is 17.0 Å². The Kier molecular flexibility index (Phi) is 14.8. The van der Waals surface area contributed by atoms with Gasteiger partial charge in [0, 0.05) is 19.8 Å². The van der Waals surface area contributed by atoms with Gasteiger partial charge in [-0.1, -0.05) is 36.4 Å². The standard InChI is InChI=1S/C62H31F18N5O12/c1-81-31-15-24(53(96)97)16-32(23-31)83-47(90)34-10-4-26(18-38(34)50(83)93)55(59(69,70)71,60(72,73)74)28-6-12-36-40(20-28)52(95)85(49(36)92)42-22-30(8-14-44(42)87)56(61(75,76)77,62(78,79)80)29-7-13-43(86)41(21-29)84-48(91)35-11-5-27(19-39(35)51(84)94)54(57(63,64)65,58(66,67)68)25-3-9-33-37(17-25)46(89)82(2)45(33)88/h3-23,81,86-87H,1-2H3,(H,96,97). The van der Waals surface area contributed by atoms with Crippen LogP contribution in [0.4, 0.5) is 102 Å². The molecular formula is C62H31F18N5O12. The number of hydrogen-bond donors (Lipinski definition) is 4. The summed E-state index contributed by atoms with van der Waals surface area (Å²) in [4.78, 5) is 121. The molecule has 0 unspecified atom stereocenters. The normalized spacial score (nSPS) is 15.7. The molecule has 11 rings (SSSR count). The molecule has 4 heterocycles. The van der Waals surface area contributed by atoms with E-state index in [0.717, 1.165) is 25.2 Å². The number of alkyl halides is 18. The van der Waals surface area contributed by atoms with Crippen molar-refractivity contribution in [1.82, 2.24) is 4.90 Å². The number of phenols is 2. The Balaban J connectivity index is 0.988. The molecule has 4 aliphatic heterocycles. The molecule has 0 bridgehead atoms. The summed E-state index contributed by atoms with van der Waals surface area (Å²) in [6.45, 7) is 0. The van der Waals surface area contributed by atoms with Gasteiger partial charge in [-0.15, -0.1) is 0 Å². The number of aromatic carboxylic acids is 1. The Morgan fingerprint density at radius 3 is 0.907 bits per heavy atom. The molecule has 4 N–H and O–H groups in total. The summed E-state index contributed by atoms with van der Waals surface area (Å²) < 4.78 is 283. The molecule has 8 amide bonds. The Hall–Kier alpha value is -11.3. The number of nitrogens with one attached hydrogen (secondary N) is 1. The van der Waals surface area contributed by atoms with Crippen LogP contribution in [0.25, 0.3) is 0 Å². The number of carbonyl (C=O) groups excluding carboxylic acids is 8. The summed E-state index contributed by atoms with van der Waals surface area (Å²) >= 11 is 0. The fourth-order valence-electron chi connectivity index (χ4n) is 12.5. The lowest BCUT2D eigenvalue weighted by Gasteiger charge is -2.39. The van der Waals surface area contributed by atoms with Crippen LogP contribution in [0.1, 0.15) is 127 Å². The van der Waals surface area contributed by atoms with Gasteiger partial charge in [0.2, 0.25) is 16.2 Å². The number of benzene rings is 7. The SMILES string of the molecule is CNc1cc(C(=O)O)cc(N2C(=O)c3ccc(C(c4ccc5c(c4)C(=O)N(c4cc(C(c6ccc(O)c(N7C(=O)c8ccc(C(c9ccc%10c(c9)C(=O)N(C)C%10=O)(C(F)(F)F)C(F)(F)F)cc8C7=O)c6)(C(F)(F)F)C(F)(F)F)ccc4O)C5=O)(C(F)(F)F)C(F)(F)F)cc3C2=O)c1. The van der Waals surface area contributed by atoms with Crippen molar-refractivity contribution in [3.8, 4) is 11.5 Å². The van der Waals surface area contributed by atoms with Crippen LogP contribution in [0.15, 0.2) is 127 Å². The van der Waals surface area contributed by atoms with Crippen molar-refractivity contribution in [2.45, 2.75) is 53.3 Å². The van der Waals surface area contributed by atoms with Crippen LogP contribution in [0.2, 0.25) is 0 Å². The first kappa shape index (κ1) is 67.1. The van der Waals surface area contributed by atoms with Crippen molar-refractivity contribution in [2.75, 3.05) is 34.1 Å². The lowest BCUT2D eigenvalue weighted by molar-refractivity contribution is -0.290. The van der Waals surface area contributed by atoms with E-state index in [1.165, 1.54) is 7.05 Å². The smallest absolute Gasteiger partial charge is 0.411 e. The Bertz CT molecular complexity index is 4700. The zero-order valence-corrected chi connectivity index (χ0v) is 47.7. The molecule has 0 saturated carbocycles. The second-order valence-electron chi connectivity index (χ2n) is 22.0. The molecule has 35 heteroatoms. The number of phenolic OH excluding ortho intramolecular Hbond substituents is 2. The minimum Gasteiger partial charge on any atom is -0.506 e. The van der Waals surface area contributed by atoms with Crippen LogP contribution in [0.3, 0.4) is 0 Å². The summed E-state index contributed by atoms with van der Waals surface area (Å²) in [5.41, 5.74) is -41.8. The van der Waals surface area contributed by atoms with E-state index in [1.54, 1.807) is 0 Å². The maximum atomic E-state index is 16.0. The van der Waals surface area contributed by atoms with Gasteiger partial charge in [0.25, 0.3) is 47.3 Å². The monoisotopic (exact) mass is 1380 g/mol. The number of aromatic hydroxyl groups is 2. The first-order valence-corrected chi connectivity index (χ1v) is 27.0. The summed E-state index contributed by atoms with van der Waals surface area (Å²) in [5, 5.41) is 34.2. The van der Waals surface area contributed by atoms with Crippen LogP contribution >= 0.6 is 0 Å². The number of hydrogen-bond acceptors (Lipinski definition) is 12. The molecule has 97 heavy (non-hydrogen) atoms. The number of imide groups is 4. The summed E-state index contributed by atoms with van der Waals surface area (Å²) in [5.74, 6) is -18.4. The molecular weight excluding hydrogens is 1350 g/mol. The average molecular weight is 1380 g/mol. The number of nitrogens with zero attached hydrogens (tertiary/aromatic N) is 4. The zero-order valence-electron chi connectivity index (χ0n) is 47.7. The van der Waals surface area contributed by atoms with Crippen molar-refractivity contribution in [3.05, 3.63) is 211 Å². The third-order valence-corrected chi connectivity index (χ3v) is 17.0. The number of carbonyl (C=O) groups is 9. The number of carboxylic acid groups (broad SMARTS) is 1. The lowest BCUT2D eigenvalue weighted by Crippen LogP contribution is -2.55. The molecule has 0 aromatic heterocycles. The summed E-state index contributed by atoms with van der Waals surface area (Å²) in [6, 6.07) is 2.97. The minimum atomic E-state index is -6.85. The van der Waals surface area contributed by atoms with Crippen LogP contribution in [0.5, 0.6) is 11.5 Å². The molecule has 0 fully saturated rings. The summed E-state index contributed by atoms with van der Waals surface area (Å²) in [6.07, 6.45) is -40.0. The Labute approximate surface area is 526 Å². The van der Waals surface area contributed by atoms with E-state index < -0.39 is 228 Å². The van der Waals surface area contributed by atoms with Gasteiger partial charge in [0.15, 0.2) is 0 Å². The van der Waals surface area contributed by atoms with Gasteiger partial charge in [-0.2, -0.15) is 79.0 Å². The van der Waals surface area contributed by atoms with Gasteiger partial charge < -0.3 is 20.6 Å². The van der Waals surface area contributed by atoms with E-state index in [4.69, 9.17) is 0 Å². The maximum absolute atomic E-state index is 16.0. The fraction of sp³-hybridized carbons (Fsp3) is 0.177. The Morgan fingerprint density at radius 1 is 0.340 bits per heavy atom. The van der Waals surface area contributed by atoms with Crippen LogP contribution < -0.4 is 20.0 Å². The highest BCUT2D eigenvalue weighted by Gasteiger charge is 2.76. The predicted octanol–water partition coefficient (Wildman–Crippen LogP) is 12.7. The maximum Gasteiger partial charge on any atom is 0.411 e. The van der Waals surface area contributed by atoms with E-state index in [-0.39, 0.29) is 108 Å². The zero-order chi connectivity index (χ0) is 71.7. The Morgan fingerprint density at radius 2 is 0.598 bits per heavy atom. The van der Waals surface area contributed by atoms with Gasteiger partial charge in [-0.05, 0) is 124 Å². The van der Waals surface area contributed by atoms with Crippen molar-refractivity contribution in [1.29, 1.82) is 0 Å². The summed E-state index contributed by atoms with van der Waals surface area (Å²) in [7, 11) is 2.12. The van der Waals surface area contributed by atoms with Gasteiger partial charge in [0.1, 0.15) is 11.5 Å². The van der Waals surface area contributed by atoms with Crippen LogP contribution in [-0.2, 0) is 16.2 Å². The minimum absolute atomic E-state index is 0.00656. The molecule has 502 valence electrons. The van der Waals surface area contributed by atoms with Crippen LogP contribution in [0, 0.1) is 0 Å². The number of fused-ring (bicyclic) bond motifs is 4. The van der Waals surface area contributed by atoms with Crippen molar-refractivity contribution in [2.24, 2.45) is 0 Å². The fourth-order valence-corrected chi connectivity index (χ4v) is 12.5. The highest BCUT2D eigenvalue weighted by molar-refractivity contribution is 6.37. The molecule has 17 nitrogen and oxygen atoms in total. The van der Waals surface area contributed by atoms with E-state index in [1.807, 2.05) is 0 Å². The quantitative estimate of drug-likeness (QED) is 0.0697. The van der Waals surface area contributed by atoms with Gasteiger partial charge in [-0.25, -0.2) is 19.5 Å². The number of halogens is 18. The van der Waals surface area contributed by atoms with E-state index in [9.17, 15) is 58.5 Å². The van der Waals surface area contributed by atoms with Gasteiger partial charge in [0.05, 0.1) is 67.1 Å². The second-order valence-corrected chi connectivity index (χ2v) is 22.0. The van der Waals surface area contributed by atoms with Crippen LogP contribution in [-0.4, -0.2) is 125 Å². The van der Waals surface area contributed by atoms with Crippen molar-refractivity contribution >= 4 is 76.0 Å². The van der Waals surface area contributed by atoms with Gasteiger partial charge in [-0.3, -0.25) is 43.3 Å². The van der Waals surface area contributed by atoms with E-state index >= 15 is 79.0 Å². The molecule has 0 saturated heterocycles. The molecule has 0 spiro atoms. The number of rotatable bonds is 11. The topological polar surface area (TPSA) is 239 Å². The number of anilines is 4. The van der Waals surface area contributed by atoms with Gasteiger partial charge >= 0.3 is 43.0 Å². The molecule has 0 aliphatic carbocycles. The lowest BCUT2D eigenvalue weighted by atomic mass is 9.71. The first-order chi connectivity index (χ1) is 44.8. The highest BCUT2D eigenvalue weighted by atomic mass is 19.4. The molecule has 4 aliphatic rings. The van der Waals surface area contributed by atoms with Crippen molar-refractivity contribution < 1.29 is 137 Å².